The van der Waals surface area contributed by atoms with Crippen molar-refractivity contribution in [3.63, 3.8) is 0 Å². The average Bonchev–Trinajstić information content (AvgIpc) is 3.59. The molecule has 4 unspecified atom stereocenters. The molecule has 0 saturated carbocycles. The molecule has 42 heavy (non-hydrogen) atoms. The maximum atomic E-state index is 14.8. The van der Waals surface area contributed by atoms with Crippen LogP contribution in [0, 0.1) is 5.92 Å². The van der Waals surface area contributed by atoms with Crippen molar-refractivity contribution in [3.8, 4) is 17.2 Å². The Kier molecular flexibility index (Phi) is 8.41. The molecule has 0 radical (unpaired) electrons. The summed E-state index contributed by atoms with van der Waals surface area (Å²) in [7, 11) is 4.60. The molecule has 222 valence electrons. The Labute approximate surface area is 247 Å². The fraction of sp³-hybridized carbons (Fsp3) is 0.424. The molecular formula is C33H40N4O5. The molecule has 2 saturated heterocycles. The van der Waals surface area contributed by atoms with Gasteiger partial charge in [-0.1, -0.05) is 43.3 Å². The van der Waals surface area contributed by atoms with Crippen molar-refractivity contribution < 1.29 is 23.8 Å². The number of aromatic nitrogens is 1. The second-order valence-electron chi connectivity index (χ2n) is 11.1. The number of benzene rings is 2. The van der Waals surface area contributed by atoms with Gasteiger partial charge in [0.1, 0.15) is 0 Å². The number of nitrogens with two attached hydrogens (primary N) is 1. The van der Waals surface area contributed by atoms with Gasteiger partial charge in [-0.05, 0) is 61.1 Å². The number of carbonyl (C=O) groups is 2. The summed E-state index contributed by atoms with van der Waals surface area (Å²) in [5, 5.41) is 3.52. The van der Waals surface area contributed by atoms with Crippen molar-refractivity contribution in [1.82, 2.24) is 15.2 Å². The number of piperidine rings is 1. The summed E-state index contributed by atoms with van der Waals surface area (Å²) < 4.78 is 16.7. The number of nitrogens with one attached hydrogen (secondary N) is 1. The highest BCUT2D eigenvalue weighted by molar-refractivity contribution is 5.97. The number of pyridine rings is 1. The Morgan fingerprint density at radius 3 is 2.29 bits per heavy atom. The van der Waals surface area contributed by atoms with Crippen LogP contribution in [0.1, 0.15) is 53.6 Å². The molecule has 2 aromatic carbocycles. The maximum Gasteiger partial charge on any atom is 0.254 e. The van der Waals surface area contributed by atoms with E-state index >= 15 is 0 Å². The standard InChI is InChI=1S/C33H40N4O5/c1-5-33(25-13-16-36-21-25)29(22-10-9-15-35-20-22)32(31(34)39,24-11-7-6-8-12-24)14-17-37(33)30(38)23-18-26(40-2)28(42-4)27(19-23)41-3/h6-12,15,18-20,25,29,36H,5,13-14,16-17,21H2,1-4H3,(H2,34,39). The number of ether oxygens (including phenoxy) is 3. The van der Waals surface area contributed by atoms with E-state index < -0.39 is 22.8 Å². The van der Waals surface area contributed by atoms with Crippen molar-refractivity contribution in [1.29, 1.82) is 0 Å². The van der Waals surface area contributed by atoms with Gasteiger partial charge in [-0.25, -0.2) is 0 Å². The number of rotatable bonds is 9. The van der Waals surface area contributed by atoms with Gasteiger partial charge in [0, 0.05) is 37.0 Å². The normalized spacial score (nSPS) is 25.6. The van der Waals surface area contributed by atoms with Crippen LogP contribution in [0.15, 0.2) is 67.0 Å². The lowest BCUT2D eigenvalue weighted by atomic mass is 9.51. The van der Waals surface area contributed by atoms with Gasteiger partial charge in [0.25, 0.3) is 5.91 Å². The van der Waals surface area contributed by atoms with Crippen molar-refractivity contribution in [3.05, 3.63) is 83.7 Å². The van der Waals surface area contributed by atoms with Crippen LogP contribution in [-0.4, -0.2) is 68.2 Å². The molecule has 2 fully saturated rings. The molecule has 3 aromatic rings. The number of hydrogen-bond donors (Lipinski definition) is 2. The largest absolute Gasteiger partial charge is 0.493 e. The second-order valence-corrected chi connectivity index (χ2v) is 11.1. The topological polar surface area (TPSA) is 116 Å². The molecule has 0 spiro atoms. The van der Waals surface area contributed by atoms with Crippen molar-refractivity contribution >= 4 is 11.8 Å². The smallest absolute Gasteiger partial charge is 0.254 e. The number of nitrogens with zero attached hydrogens (tertiary/aromatic N) is 2. The zero-order chi connectivity index (χ0) is 29.9. The van der Waals surface area contributed by atoms with E-state index in [0.29, 0.717) is 48.7 Å². The maximum absolute atomic E-state index is 14.8. The van der Waals surface area contributed by atoms with Gasteiger partial charge in [0.2, 0.25) is 11.7 Å². The van der Waals surface area contributed by atoms with Gasteiger partial charge < -0.3 is 30.2 Å². The summed E-state index contributed by atoms with van der Waals surface area (Å²) in [6.07, 6.45) is 5.38. The summed E-state index contributed by atoms with van der Waals surface area (Å²) in [4.78, 5) is 35.2. The summed E-state index contributed by atoms with van der Waals surface area (Å²) in [5.74, 6) is 0.272. The van der Waals surface area contributed by atoms with Crippen LogP contribution in [-0.2, 0) is 10.2 Å². The first-order valence-corrected chi connectivity index (χ1v) is 14.5. The van der Waals surface area contributed by atoms with Gasteiger partial charge in [-0.2, -0.15) is 0 Å². The number of carbonyl (C=O) groups excluding carboxylic acids is 2. The van der Waals surface area contributed by atoms with Gasteiger partial charge in [0.15, 0.2) is 11.5 Å². The highest BCUT2D eigenvalue weighted by Crippen LogP contribution is 2.58. The van der Waals surface area contributed by atoms with Gasteiger partial charge in [0.05, 0.1) is 32.3 Å². The molecular weight excluding hydrogens is 532 g/mol. The zero-order valence-electron chi connectivity index (χ0n) is 24.8. The quantitative estimate of drug-likeness (QED) is 0.399. The van der Waals surface area contributed by atoms with E-state index in [2.05, 4.69) is 17.2 Å². The molecule has 9 nitrogen and oxygen atoms in total. The Balaban J connectivity index is 1.78. The van der Waals surface area contributed by atoms with Crippen LogP contribution < -0.4 is 25.3 Å². The van der Waals surface area contributed by atoms with Crippen LogP contribution in [0.5, 0.6) is 17.2 Å². The lowest BCUT2D eigenvalue weighted by Crippen LogP contribution is -2.70. The molecule has 5 rings (SSSR count). The summed E-state index contributed by atoms with van der Waals surface area (Å²) in [6.45, 7) is 3.99. The molecule has 1 aromatic heterocycles. The SMILES string of the molecule is CCC1(C2CCNC2)C(c2cccnc2)C(C(N)=O)(c2ccccc2)CCN1C(=O)c1cc(OC)c(OC)c(OC)c1. The minimum Gasteiger partial charge on any atom is -0.493 e. The van der Waals surface area contributed by atoms with Crippen LogP contribution in [0.3, 0.4) is 0 Å². The zero-order valence-corrected chi connectivity index (χ0v) is 24.8. The number of hydrogen-bond acceptors (Lipinski definition) is 7. The van der Waals surface area contributed by atoms with E-state index in [1.807, 2.05) is 53.6 Å². The monoisotopic (exact) mass is 572 g/mol. The predicted octanol–water partition coefficient (Wildman–Crippen LogP) is 3.92. The first kappa shape index (κ1) is 29.4. The number of likely N-dealkylation sites (tertiary alicyclic amines) is 1. The molecule has 3 heterocycles. The highest BCUT2D eigenvalue weighted by atomic mass is 16.5. The van der Waals surface area contributed by atoms with E-state index in [9.17, 15) is 9.59 Å². The first-order chi connectivity index (χ1) is 20.4. The van der Waals surface area contributed by atoms with Crippen molar-refractivity contribution in [2.45, 2.75) is 43.1 Å². The lowest BCUT2D eigenvalue weighted by Gasteiger charge is -2.61. The fourth-order valence-corrected chi connectivity index (χ4v) is 7.67. The van der Waals surface area contributed by atoms with Crippen LogP contribution in [0.25, 0.3) is 0 Å². The summed E-state index contributed by atoms with van der Waals surface area (Å²) in [6, 6.07) is 17.1. The fourth-order valence-electron chi connectivity index (χ4n) is 7.67. The molecule has 9 heteroatoms. The van der Waals surface area contributed by atoms with E-state index in [1.54, 1.807) is 18.3 Å². The third-order valence-corrected chi connectivity index (χ3v) is 9.46. The summed E-state index contributed by atoms with van der Waals surface area (Å²) >= 11 is 0. The average molecular weight is 573 g/mol. The van der Waals surface area contributed by atoms with Crippen LogP contribution in [0.4, 0.5) is 0 Å². The first-order valence-electron chi connectivity index (χ1n) is 14.5. The number of amides is 2. The third kappa shape index (κ3) is 4.56. The minimum atomic E-state index is -1.06. The van der Waals surface area contributed by atoms with Crippen LogP contribution >= 0.6 is 0 Å². The summed E-state index contributed by atoms with van der Waals surface area (Å²) in [5.41, 5.74) is 6.78. The number of methoxy groups -OCH3 is 3. The molecule has 4 atom stereocenters. The predicted molar refractivity (Wildman–Crippen MR) is 160 cm³/mol. The van der Waals surface area contributed by atoms with E-state index in [1.165, 1.54) is 21.3 Å². The molecule has 0 aliphatic carbocycles. The molecule has 2 aliphatic heterocycles. The molecule has 3 N–H and O–H groups in total. The van der Waals surface area contributed by atoms with E-state index in [-0.39, 0.29) is 11.8 Å². The van der Waals surface area contributed by atoms with Gasteiger partial charge in [-0.15, -0.1) is 0 Å². The Bertz CT molecular complexity index is 1390. The highest BCUT2D eigenvalue weighted by Gasteiger charge is 2.64. The van der Waals surface area contributed by atoms with Crippen LogP contribution in [0.2, 0.25) is 0 Å². The lowest BCUT2D eigenvalue weighted by molar-refractivity contribution is -0.131. The van der Waals surface area contributed by atoms with Gasteiger partial charge >= 0.3 is 0 Å². The third-order valence-electron chi connectivity index (χ3n) is 9.46. The molecule has 2 aliphatic rings. The van der Waals surface area contributed by atoms with Gasteiger partial charge in [-0.3, -0.25) is 14.6 Å². The Hall–Kier alpha value is -4.11. The minimum absolute atomic E-state index is 0.0569. The molecule has 2 amide bonds. The van der Waals surface area contributed by atoms with Crippen molar-refractivity contribution in [2.75, 3.05) is 41.0 Å². The second kappa shape index (κ2) is 12.0. The van der Waals surface area contributed by atoms with E-state index in [0.717, 1.165) is 24.1 Å². The number of primary amides is 1. The van der Waals surface area contributed by atoms with E-state index in [4.69, 9.17) is 19.9 Å². The molecule has 0 bridgehead atoms. The Morgan fingerprint density at radius 1 is 1.05 bits per heavy atom. The Morgan fingerprint density at radius 2 is 1.76 bits per heavy atom. The van der Waals surface area contributed by atoms with Crippen molar-refractivity contribution in [2.24, 2.45) is 11.7 Å².